The summed E-state index contributed by atoms with van der Waals surface area (Å²) in [5.74, 6) is 0.846. The second kappa shape index (κ2) is 10.6. The van der Waals surface area contributed by atoms with E-state index in [1.165, 1.54) is 0 Å². The zero-order valence-corrected chi connectivity index (χ0v) is 20.8. The number of aryl methyl sites for hydroxylation is 1. The van der Waals surface area contributed by atoms with Crippen LogP contribution in [0.25, 0.3) is 22.4 Å². The van der Waals surface area contributed by atoms with Gasteiger partial charge in [-0.1, -0.05) is 35.3 Å². The van der Waals surface area contributed by atoms with Crippen molar-refractivity contribution in [2.24, 2.45) is 0 Å². The first-order valence-electron chi connectivity index (χ1n) is 11.3. The lowest BCUT2D eigenvalue weighted by molar-refractivity contribution is -0.132. The molecule has 0 atom stereocenters. The van der Waals surface area contributed by atoms with Crippen LogP contribution in [0.4, 0.5) is 5.82 Å². The molecule has 0 spiro atoms. The van der Waals surface area contributed by atoms with Crippen molar-refractivity contribution in [3.63, 3.8) is 0 Å². The molecule has 1 amide bonds. The van der Waals surface area contributed by atoms with E-state index in [9.17, 15) is 9.90 Å². The molecule has 0 aliphatic carbocycles. The Morgan fingerprint density at radius 3 is 2.56 bits per heavy atom. The van der Waals surface area contributed by atoms with E-state index in [1.54, 1.807) is 12.1 Å². The molecule has 0 saturated carbocycles. The predicted octanol–water partition coefficient (Wildman–Crippen LogP) is 5.31. The van der Waals surface area contributed by atoms with Gasteiger partial charge in [0.05, 0.1) is 5.69 Å². The maximum atomic E-state index is 12.6. The number of anilines is 1. The van der Waals surface area contributed by atoms with Crippen LogP contribution in [0, 0.1) is 6.92 Å². The van der Waals surface area contributed by atoms with Gasteiger partial charge < -0.3 is 20.2 Å². The van der Waals surface area contributed by atoms with Crippen molar-refractivity contribution in [2.75, 3.05) is 45.1 Å². The van der Waals surface area contributed by atoms with Crippen LogP contribution in [-0.4, -0.2) is 65.6 Å². The highest BCUT2D eigenvalue weighted by molar-refractivity contribution is 6.31. The first-order valence-corrected chi connectivity index (χ1v) is 12.0. The van der Waals surface area contributed by atoms with Crippen LogP contribution in [-0.2, 0) is 4.79 Å². The molecule has 6 nitrogen and oxygen atoms in total. The number of carbonyl (C=O) groups excluding carboxylic acids is 1. The number of nitrogens with zero attached hydrogens (tertiary/aromatic N) is 3. The molecule has 4 rings (SSSR count). The van der Waals surface area contributed by atoms with Gasteiger partial charge in [-0.15, -0.1) is 0 Å². The van der Waals surface area contributed by atoms with Crippen LogP contribution in [0.2, 0.25) is 10.0 Å². The first kappa shape index (κ1) is 24.3. The number of pyridine rings is 1. The summed E-state index contributed by atoms with van der Waals surface area (Å²) in [7, 11) is 2.07. The van der Waals surface area contributed by atoms with Gasteiger partial charge >= 0.3 is 0 Å². The number of piperazine rings is 1. The van der Waals surface area contributed by atoms with Crippen LogP contribution in [0.1, 0.15) is 12.0 Å². The Kier molecular flexibility index (Phi) is 7.61. The second-order valence-corrected chi connectivity index (χ2v) is 9.46. The number of phenolic OH excluding ortho intramolecular Hbond substituents is 1. The lowest BCUT2D eigenvalue weighted by atomic mass is 10.0. The van der Waals surface area contributed by atoms with Crippen molar-refractivity contribution in [1.29, 1.82) is 0 Å². The smallest absolute Gasteiger partial charge is 0.224 e. The Hall–Kier alpha value is -2.80. The molecule has 2 N–H and O–H groups in total. The Bertz CT molecular complexity index is 1190. The van der Waals surface area contributed by atoms with Crippen molar-refractivity contribution in [3.8, 4) is 28.1 Å². The second-order valence-electron chi connectivity index (χ2n) is 8.62. The van der Waals surface area contributed by atoms with Crippen LogP contribution in [0.5, 0.6) is 5.75 Å². The summed E-state index contributed by atoms with van der Waals surface area (Å²) >= 11 is 12.6. The maximum Gasteiger partial charge on any atom is 0.224 e. The Labute approximate surface area is 210 Å². The topological polar surface area (TPSA) is 68.7 Å². The summed E-state index contributed by atoms with van der Waals surface area (Å²) in [6.07, 6.45) is 0.379. The summed E-state index contributed by atoms with van der Waals surface area (Å²) in [4.78, 5) is 21.5. The molecule has 2 heterocycles. The van der Waals surface area contributed by atoms with Gasteiger partial charge in [0.1, 0.15) is 11.6 Å². The fourth-order valence-electron chi connectivity index (χ4n) is 3.98. The molecule has 2 aromatic carbocycles. The monoisotopic (exact) mass is 498 g/mol. The molecular formula is C26H28Cl2N4O2. The number of hydrogen-bond donors (Lipinski definition) is 2. The third-order valence-electron chi connectivity index (χ3n) is 6.04. The largest absolute Gasteiger partial charge is 0.507 e. The third-order valence-corrected chi connectivity index (χ3v) is 6.68. The zero-order valence-electron chi connectivity index (χ0n) is 19.3. The SMILES string of the molecule is Cc1cc(O)c(-c2cc(-c3cccc(Cl)c3)cc(NCCC(=O)N3CCN(C)CC3)n2)cc1Cl. The van der Waals surface area contributed by atoms with Crippen LogP contribution < -0.4 is 5.32 Å². The fourth-order valence-corrected chi connectivity index (χ4v) is 4.33. The van der Waals surface area contributed by atoms with E-state index in [4.69, 9.17) is 28.2 Å². The number of carbonyl (C=O) groups is 1. The van der Waals surface area contributed by atoms with Gasteiger partial charge in [0.2, 0.25) is 5.91 Å². The molecule has 1 aliphatic heterocycles. The van der Waals surface area contributed by atoms with Gasteiger partial charge in [0.15, 0.2) is 0 Å². The van der Waals surface area contributed by atoms with Crippen LogP contribution >= 0.6 is 23.2 Å². The molecule has 8 heteroatoms. The first-order chi connectivity index (χ1) is 16.3. The number of amides is 1. The van der Waals surface area contributed by atoms with Gasteiger partial charge in [-0.25, -0.2) is 4.98 Å². The molecule has 0 radical (unpaired) electrons. The lowest BCUT2D eigenvalue weighted by Gasteiger charge is -2.32. The summed E-state index contributed by atoms with van der Waals surface area (Å²) in [6, 6.07) is 14.7. The van der Waals surface area contributed by atoms with Gasteiger partial charge in [-0.3, -0.25) is 4.79 Å². The average Bonchev–Trinajstić information content (AvgIpc) is 2.81. The molecule has 1 aliphatic rings. The molecule has 1 saturated heterocycles. The number of phenols is 1. The third kappa shape index (κ3) is 5.81. The normalized spacial score (nSPS) is 14.3. The van der Waals surface area contributed by atoms with Gasteiger partial charge in [-0.2, -0.15) is 0 Å². The maximum absolute atomic E-state index is 12.6. The fraction of sp³-hybridized carbons (Fsp3) is 0.308. The van der Waals surface area contributed by atoms with Crippen molar-refractivity contribution in [3.05, 3.63) is 64.1 Å². The highest BCUT2D eigenvalue weighted by atomic mass is 35.5. The highest BCUT2D eigenvalue weighted by Crippen LogP contribution is 2.36. The van der Waals surface area contributed by atoms with E-state index in [0.29, 0.717) is 40.1 Å². The van der Waals surface area contributed by atoms with E-state index in [1.807, 2.05) is 48.2 Å². The molecule has 0 unspecified atom stereocenters. The number of rotatable bonds is 6. The summed E-state index contributed by atoms with van der Waals surface area (Å²) in [5, 5.41) is 15.1. The minimum atomic E-state index is 0.105. The van der Waals surface area contributed by atoms with E-state index in [2.05, 4.69) is 17.3 Å². The molecule has 34 heavy (non-hydrogen) atoms. The van der Waals surface area contributed by atoms with E-state index >= 15 is 0 Å². The zero-order chi connectivity index (χ0) is 24.2. The molecular weight excluding hydrogens is 471 g/mol. The van der Waals surface area contributed by atoms with Gasteiger partial charge in [-0.05, 0) is 67.1 Å². The lowest BCUT2D eigenvalue weighted by Crippen LogP contribution is -2.47. The molecule has 3 aromatic rings. The minimum absolute atomic E-state index is 0.105. The van der Waals surface area contributed by atoms with Crippen molar-refractivity contribution < 1.29 is 9.90 Å². The summed E-state index contributed by atoms with van der Waals surface area (Å²) in [6.45, 7) is 5.61. The summed E-state index contributed by atoms with van der Waals surface area (Å²) < 4.78 is 0. The molecule has 1 aromatic heterocycles. The van der Waals surface area contributed by atoms with Gasteiger partial charge in [0.25, 0.3) is 0 Å². The minimum Gasteiger partial charge on any atom is -0.507 e. The standard InChI is InChI=1S/C26H28Cl2N4O2/c1-17-12-24(33)21(16-22(17)28)23-14-19(18-4-3-5-20(27)13-18)15-25(30-23)29-7-6-26(34)32-10-8-31(2)9-11-32/h3-5,12-16,33H,6-11H2,1-2H3,(H,29,30). The Morgan fingerprint density at radius 2 is 1.82 bits per heavy atom. The average molecular weight is 499 g/mol. The number of benzene rings is 2. The number of aromatic nitrogens is 1. The van der Waals surface area contributed by atoms with Crippen LogP contribution in [0.15, 0.2) is 48.5 Å². The number of halogens is 2. The van der Waals surface area contributed by atoms with E-state index in [0.717, 1.165) is 42.9 Å². The summed E-state index contributed by atoms with van der Waals surface area (Å²) in [5.41, 5.74) is 3.71. The quantitative estimate of drug-likeness (QED) is 0.481. The van der Waals surface area contributed by atoms with Crippen molar-refractivity contribution in [1.82, 2.24) is 14.8 Å². The van der Waals surface area contributed by atoms with Gasteiger partial charge in [0, 0.05) is 54.8 Å². The molecule has 0 bridgehead atoms. The highest BCUT2D eigenvalue weighted by Gasteiger charge is 2.19. The number of nitrogens with one attached hydrogen (secondary N) is 1. The molecule has 178 valence electrons. The van der Waals surface area contributed by atoms with E-state index in [-0.39, 0.29) is 11.7 Å². The van der Waals surface area contributed by atoms with Crippen LogP contribution in [0.3, 0.4) is 0 Å². The number of aromatic hydroxyl groups is 1. The van der Waals surface area contributed by atoms with Crippen molar-refractivity contribution >= 4 is 34.9 Å². The predicted molar refractivity (Wildman–Crippen MR) is 139 cm³/mol. The van der Waals surface area contributed by atoms with E-state index < -0.39 is 0 Å². The van der Waals surface area contributed by atoms with Crippen molar-refractivity contribution in [2.45, 2.75) is 13.3 Å². The Morgan fingerprint density at radius 1 is 1.06 bits per heavy atom. The number of likely N-dealkylation sites (N-methyl/N-ethyl adjacent to an activating group) is 1. The molecule has 1 fully saturated rings. The Balaban J connectivity index is 1.59. The number of hydrogen-bond acceptors (Lipinski definition) is 5.